The van der Waals surface area contributed by atoms with E-state index < -0.39 is 40.9 Å². The van der Waals surface area contributed by atoms with E-state index in [1.165, 1.54) is 6.07 Å². The fourth-order valence-corrected chi connectivity index (χ4v) is 2.12. The lowest BCUT2D eigenvalue weighted by Gasteiger charge is -2.15. The van der Waals surface area contributed by atoms with Gasteiger partial charge in [0, 0.05) is 12.2 Å². The molecule has 0 aromatic heterocycles. The van der Waals surface area contributed by atoms with Crippen molar-refractivity contribution in [2.75, 3.05) is 5.32 Å². The monoisotopic (exact) mass is 387 g/mol. The maximum atomic E-state index is 12.8. The predicted molar refractivity (Wildman–Crippen MR) is 75.2 cm³/mol. The molecule has 0 bridgehead atoms. The molecule has 0 spiro atoms. The Morgan fingerprint density at radius 1 is 0.615 bits per heavy atom. The van der Waals surface area contributed by atoms with Crippen LogP contribution >= 0.6 is 0 Å². The molecule has 0 radical (unpaired) electrons. The Morgan fingerprint density at radius 3 is 1.58 bits per heavy atom. The van der Waals surface area contributed by atoms with Crippen LogP contribution in [0.15, 0.2) is 42.5 Å². The number of nitrogens with one attached hydrogen (secondary N) is 1. The van der Waals surface area contributed by atoms with Gasteiger partial charge in [-0.1, -0.05) is 12.1 Å². The van der Waals surface area contributed by atoms with Crippen LogP contribution in [0, 0.1) is 0 Å². The molecule has 0 atom stereocenters. The Bertz CT molecular complexity index is 740. The molecule has 0 unspecified atom stereocenters. The van der Waals surface area contributed by atoms with Crippen LogP contribution in [-0.4, -0.2) is 0 Å². The first kappa shape index (κ1) is 19.9. The molecular weight excluding hydrogens is 377 g/mol. The number of hydrogen-bond acceptors (Lipinski definition) is 1. The van der Waals surface area contributed by atoms with Crippen LogP contribution in [0.5, 0.6) is 0 Å². The fourth-order valence-electron chi connectivity index (χ4n) is 2.12. The van der Waals surface area contributed by atoms with Crippen LogP contribution in [-0.2, 0) is 25.1 Å². The summed E-state index contributed by atoms with van der Waals surface area (Å²) in [5, 5.41) is 2.30. The minimum absolute atomic E-state index is 0.0323. The van der Waals surface area contributed by atoms with Gasteiger partial charge in [0.05, 0.1) is 16.7 Å². The smallest absolute Gasteiger partial charge is 0.381 e. The maximum Gasteiger partial charge on any atom is 0.416 e. The number of halogens is 9. The molecule has 0 amide bonds. The van der Waals surface area contributed by atoms with Gasteiger partial charge in [-0.2, -0.15) is 39.5 Å². The van der Waals surface area contributed by atoms with Crippen LogP contribution in [0.4, 0.5) is 45.2 Å². The number of alkyl halides is 9. The summed E-state index contributed by atoms with van der Waals surface area (Å²) in [6, 6.07) is 4.80. The molecular formula is C16H10F9N. The zero-order valence-electron chi connectivity index (χ0n) is 12.7. The maximum absolute atomic E-state index is 12.8. The largest absolute Gasteiger partial charge is 0.416 e. The SMILES string of the molecule is FC(F)(F)c1cccc(CNc2cc(C(F)(F)F)cc(C(F)(F)F)c2)c1. The van der Waals surface area contributed by atoms with E-state index in [1.807, 2.05) is 0 Å². The first-order valence-electron chi connectivity index (χ1n) is 6.96. The molecule has 2 aromatic carbocycles. The van der Waals surface area contributed by atoms with Gasteiger partial charge in [-0.25, -0.2) is 0 Å². The van der Waals surface area contributed by atoms with E-state index in [9.17, 15) is 39.5 Å². The lowest BCUT2D eigenvalue weighted by atomic mass is 10.1. The molecule has 2 rings (SSSR count). The molecule has 0 aliphatic carbocycles. The third kappa shape index (κ3) is 5.06. The van der Waals surface area contributed by atoms with Crippen LogP contribution in [0.25, 0.3) is 0 Å². The highest BCUT2D eigenvalue weighted by atomic mass is 19.4. The van der Waals surface area contributed by atoms with E-state index in [4.69, 9.17) is 0 Å². The van der Waals surface area contributed by atoms with Gasteiger partial charge in [-0.15, -0.1) is 0 Å². The van der Waals surface area contributed by atoms with Crippen molar-refractivity contribution in [1.82, 2.24) is 0 Å². The van der Waals surface area contributed by atoms with Gasteiger partial charge in [0.1, 0.15) is 0 Å². The first-order chi connectivity index (χ1) is 11.8. The van der Waals surface area contributed by atoms with Gasteiger partial charge in [0.15, 0.2) is 0 Å². The van der Waals surface area contributed by atoms with E-state index in [1.54, 1.807) is 0 Å². The molecule has 0 aliphatic rings. The second-order valence-electron chi connectivity index (χ2n) is 5.35. The molecule has 0 heterocycles. The normalized spacial score (nSPS) is 13.0. The third-order valence-electron chi connectivity index (χ3n) is 3.34. The van der Waals surface area contributed by atoms with Crippen molar-refractivity contribution in [2.24, 2.45) is 0 Å². The van der Waals surface area contributed by atoms with Crippen molar-refractivity contribution >= 4 is 5.69 Å². The van der Waals surface area contributed by atoms with Crippen molar-refractivity contribution < 1.29 is 39.5 Å². The summed E-state index contributed by atoms with van der Waals surface area (Å²) in [6.07, 6.45) is -14.6. The van der Waals surface area contributed by atoms with Crippen LogP contribution in [0.3, 0.4) is 0 Å². The van der Waals surface area contributed by atoms with Gasteiger partial charge in [-0.3, -0.25) is 0 Å². The highest BCUT2D eigenvalue weighted by molar-refractivity contribution is 5.51. The van der Waals surface area contributed by atoms with Crippen molar-refractivity contribution in [2.45, 2.75) is 25.1 Å². The van der Waals surface area contributed by atoms with Gasteiger partial charge < -0.3 is 5.32 Å². The molecule has 0 saturated carbocycles. The third-order valence-corrected chi connectivity index (χ3v) is 3.34. The summed E-state index contributed by atoms with van der Waals surface area (Å²) in [5.41, 5.74) is -4.47. The van der Waals surface area contributed by atoms with E-state index in [2.05, 4.69) is 5.32 Å². The Morgan fingerprint density at radius 2 is 1.12 bits per heavy atom. The summed E-state index contributed by atoms with van der Waals surface area (Å²) in [4.78, 5) is 0. The molecule has 2 aromatic rings. The summed E-state index contributed by atoms with van der Waals surface area (Å²) in [7, 11) is 0. The fraction of sp³-hybridized carbons (Fsp3) is 0.250. The second-order valence-corrected chi connectivity index (χ2v) is 5.35. The van der Waals surface area contributed by atoms with E-state index in [0.29, 0.717) is 12.1 Å². The first-order valence-corrected chi connectivity index (χ1v) is 6.96. The van der Waals surface area contributed by atoms with Crippen molar-refractivity contribution in [3.05, 3.63) is 64.7 Å². The zero-order chi connectivity index (χ0) is 19.8. The molecule has 142 valence electrons. The molecule has 0 fully saturated rings. The predicted octanol–water partition coefficient (Wildman–Crippen LogP) is 6.36. The molecule has 1 N–H and O–H groups in total. The van der Waals surface area contributed by atoms with E-state index in [-0.39, 0.29) is 18.2 Å². The summed E-state index contributed by atoms with van der Waals surface area (Å²) in [5.74, 6) is 0. The second kappa shape index (κ2) is 6.73. The highest BCUT2D eigenvalue weighted by Crippen LogP contribution is 2.37. The minimum atomic E-state index is -5.01. The molecule has 0 aliphatic heterocycles. The molecule has 1 nitrogen and oxygen atoms in total. The van der Waals surface area contributed by atoms with Gasteiger partial charge in [0.25, 0.3) is 0 Å². The number of anilines is 1. The van der Waals surface area contributed by atoms with Crippen LogP contribution in [0.2, 0.25) is 0 Å². The van der Waals surface area contributed by atoms with Gasteiger partial charge in [-0.05, 0) is 35.9 Å². The number of hydrogen-bond donors (Lipinski definition) is 1. The Labute approximate surface area is 141 Å². The zero-order valence-corrected chi connectivity index (χ0v) is 12.7. The van der Waals surface area contributed by atoms with Crippen molar-refractivity contribution in [3.8, 4) is 0 Å². The van der Waals surface area contributed by atoms with Gasteiger partial charge in [0.2, 0.25) is 0 Å². The standard InChI is InChI=1S/C16H10F9N/c17-14(18,19)10-3-1-2-9(4-10)8-26-13-6-11(15(20,21)22)5-12(7-13)16(23,24)25/h1-7,26H,8H2. The Hall–Kier alpha value is -2.39. The minimum Gasteiger partial charge on any atom is -0.381 e. The number of benzene rings is 2. The van der Waals surface area contributed by atoms with E-state index >= 15 is 0 Å². The summed E-state index contributed by atoms with van der Waals surface area (Å²) < 4.78 is 114. The Kier molecular flexibility index (Phi) is 5.16. The summed E-state index contributed by atoms with van der Waals surface area (Å²) >= 11 is 0. The topological polar surface area (TPSA) is 12.0 Å². The summed E-state index contributed by atoms with van der Waals surface area (Å²) in [6.45, 7) is -0.386. The molecule has 10 heteroatoms. The molecule has 26 heavy (non-hydrogen) atoms. The van der Waals surface area contributed by atoms with Crippen molar-refractivity contribution in [1.29, 1.82) is 0 Å². The number of rotatable bonds is 3. The lowest BCUT2D eigenvalue weighted by molar-refractivity contribution is -0.143. The van der Waals surface area contributed by atoms with Gasteiger partial charge >= 0.3 is 18.5 Å². The average Bonchev–Trinajstić information content (AvgIpc) is 2.50. The lowest BCUT2D eigenvalue weighted by Crippen LogP contribution is -2.12. The Balaban J connectivity index is 2.29. The van der Waals surface area contributed by atoms with Crippen LogP contribution < -0.4 is 5.32 Å². The quantitative estimate of drug-likeness (QED) is 0.605. The van der Waals surface area contributed by atoms with Crippen LogP contribution in [0.1, 0.15) is 22.3 Å². The highest BCUT2D eigenvalue weighted by Gasteiger charge is 2.37. The van der Waals surface area contributed by atoms with E-state index in [0.717, 1.165) is 18.2 Å². The molecule has 0 saturated heterocycles. The average molecular weight is 387 g/mol. The van der Waals surface area contributed by atoms with Crippen molar-refractivity contribution in [3.63, 3.8) is 0 Å².